The minimum Gasteiger partial charge on any atom is -0.434 e. The molecule has 0 amide bonds. The fourth-order valence-corrected chi connectivity index (χ4v) is 0.581. The van der Waals surface area contributed by atoms with Crippen molar-refractivity contribution in [1.29, 1.82) is 0 Å². The maximum absolute atomic E-state index is 10.8. The maximum Gasteiger partial charge on any atom is 0.508 e. The third-order valence-electron chi connectivity index (χ3n) is 1.59. The van der Waals surface area contributed by atoms with Crippen LogP contribution in [0, 0.1) is 0 Å². The molecule has 0 heterocycles. The second-order valence-corrected chi connectivity index (χ2v) is 2.79. The van der Waals surface area contributed by atoms with Crippen LogP contribution < -0.4 is 0 Å². The normalized spacial score (nSPS) is 12.2. The van der Waals surface area contributed by atoms with Crippen LogP contribution in [0.25, 0.3) is 0 Å². The van der Waals surface area contributed by atoms with Crippen LogP contribution in [-0.2, 0) is 9.47 Å². The minimum absolute atomic E-state index is 0.0425. The van der Waals surface area contributed by atoms with Crippen molar-refractivity contribution in [3.05, 3.63) is 0 Å². The van der Waals surface area contributed by atoms with Crippen LogP contribution in [0.1, 0.15) is 40.0 Å². The summed E-state index contributed by atoms with van der Waals surface area (Å²) in [6, 6.07) is 0. The Balaban J connectivity index is 3.33. The van der Waals surface area contributed by atoms with Gasteiger partial charge in [0.1, 0.15) is 6.10 Å². The Morgan fingerprint density at radius 2 is 2.08 bits per heavy atom. The second kappa shape index (κ2) is 6.95. The molecule has 3 nitrogen and oxygen atoms in total. The zero-order valence-electron chi connectivity index (χ0n) is 8.13. The lowest BCUT2D eigenvalue weighted by Gasteiger charge is -2.10. The first-order valence-corrected chi connectivity index (χ1v) is 4.54. The molecule has 12 heavy (non-hydrogen) atoms. The second-order valence-electron chi connectivity index (χ2n) is 2.79. The highest BCUT2D eigenvalue weighted by Gasteiger charge is 2.07. The highest BCUT2D eigenvalue weighted by Crippen LogP contribution is 1.99. The molecule has 0 aromatic carbocycles. The van der Waals surface area contributed by atoms with E-state index in [1.165, 1.54) is 0 Å². The fraction of sp³-hybridized carbons (Fsp3) is 0.889. The molecule has 72 valence electrons. The predicted octanol–water partition coefficient (Wildman–Crippen LogP) is 2.74. The van der Waals surface area contributed by atoms with Gasteiger partial charge in [0.2, 0.25) is 0 Å². The van der Waals surface area contributed by atoms with E-state index in [2.05, 4.69) is 0 Å². The third-order valence-corrected chi connectivity index (χ3v) is 1.59. The Hall–Kier alpha value is -0.730. The third kappa shape index (κ3) is 6.01. The van der Waals surface area contributed by atoms with Gasteiger partial charge in [-0.3, -0.25) is 0 Å². The summed E-state index contributed by atoms with van der Waals surface area (Å²) < 4.78 is 9.68. The number of carbonyl (C=O) groups is 1. The van der Waals surface area contributed by atoms with Crippen molar-refractivity contribution in [2.45, 2.75) is 46.1 Å². The van der Waals surface area contributed by atoms with Gasteiger partial charge in [0.05, 0.1) is 6.61 Å². The first kappa shape index (κ1) is 11.3. The quantitative estimate of drug-likeness (QED) is 0.475. The molecule has 0 bridgehead atoms. The Bertz CT molecular complexity index is 123. The summed E-state index contributed by atoms with van der Waals surface area (Å²) in [5.41, 5.74) is 0. The van der Waals surface area contributed by atoms with E-state index in [9.17, 15) is 4.79 Å². The molecule has 1 atom stereocenters. The summed E-state index contributed by atoms with van der Waals surface area (Å²) in [5, 5.41) is 0. The van der Waals surface area contributed by atoms with Crippen molar-refractivity contribution in [1.82, 2.24) is 0 Å². The summed E-state index contributed by atoms with van der Waals surface area (Å²) in [6.07, 6.45) is 2.16. The molecular weight excluding hydrogens is 156 g/mol. The Morgan fingerprint density at radius 1 is 1.42 bits per heavy atom. The maximum atomic E-state index is 10.8. The van der Waals surface area contributed by atoms with Crippen molar-refractivity contribution in [3.8, 4) is 0 Å². The molecule has 0 unspecified atom stereocenters. The number of rotatable bonds is 5. The molecule has 0 spiro atoms. The molecule has 0 radical (unpaired) electrons. The Kier molecular flexibility index (Phi) is 6.53. The molecule has 3 heteroatoms. The summed E-state index contributed by atoms with van der Waals surface area (Å²) in [4.78, 5) is 10.8. The van der Waals surface area contributed by atoms with E-state index in [0.29, 0.717) is 6.61 Å². The topological polar surface area (TPSA) is 35.5 Å². The van der Waals surface area contributed by atoms with Gasteiger partial charge in [0.25, 0.3) is 0 Å². The van der Waals surface area contributed by atoms with Gasteiger partial charge in [0.15, 0.2) is 0 Å². The van der Waals surface area contributed by atoms with E-state index in [1.54, 1.807) is 0 Å². The van der Waals surface area contributed by atoms with Gasteiger partial charge in [-0.05, 0) is 19.8 Å². The van der Waals surface area contributed by atoms with E-state index in [0.717, 1.165) is 19.3 Å². The molecular formula is C9H18O3. The van der Waals surface area contributed by atoms with E-state index >= 15 is 0 Å². The largest absolute Gasteiger partial charge is 0.508 e. The molecule has 0 aromatic heterocycles. The van der Waals surface area contributed by atoms with Gasteiger partial charge in [-0.2, -0.15) is 0 Å². The highest BCUT2D eigenvalue weighted by molar-refractivity contribution is 5.59. The van der Waals surface area contributed by atoms with Gasteiger partial charge in [-0.15, -0.1) is 0 Å². The average Bonchev–Trinajstić information content (AvgIpc) is 2.05. The summed E-state index contributed by atoms with van der Waals surface area (Å²) in [7, 11) is 0. The van der Waals surface area contributed by atoms with Crippen LogP contribution in [0.2, 0.25) is 0 Å². The number of unbranched alkanes of at least 4 members (excludes halogenated alkanes) is 1. The minimum atomic E-state index is -0.544. The fourth-order valence-electron chi connectivity index (χ4n) is 0.581. The smallest absolute Gasteiger partial charge is 0.434 e. The molecule has 0 aliphatic carbocycles. The van der Waals surface area contributed by atoms with Crippen LogP contribution in [0.3, 0.4) is 0 Å². The predicted molar refractivity (Wildman–Crippen MR) is 47.1 cm³/mol. The highest BCUT2D eigenvalue weighted by atomic mass is 16.7. The van der Waals surface area contributed by atoms with Crippen LogP contribution in [-0.4, -0.2) is 18.9 Å². The molecule has 0 rings (SSSR count). The van der Waals surface area contributed by atoms with Crippen molar-refractivity contribution < 1.29 is 14.3 Å². The Morgan fingerprint density at radius 3 is 2.58 bits per heavy atom. The molecule has 0 aliphatic heterocycles. The Labute approximate surface area is 74.0 Å². The SMILES string of the molecule is CCCCOC(=O)O[C@@H](C)CC. The van der Waals surface area contributed by atoms with E-state index in [1.807, 2.05) is 20.8 Å². The van der Waals surface area contributed by atoms with Gasteiger partial charge in [0, 0.05) is 0 Å². The summed E-state index contributed by atoms with van der Waals surface area (Å²) >= 11 is 0. The van der Waals surface area contributed by atoms with Crippen molar-refractivity contribution in [2.24, 2.45) is 0 Å². The van der Waals surface area contributed by atoms with E-state index in [-0.39, 0.29) is 6.10 Å². The van der Waals surface area contributed by atoms with Crippen molar-refractivity contribution >= 4 is 6.16 Å². The zero-order chi connectivity index (χ0) is 9.40. The molecule has 0 aliphatic rings. The van der Waals surface area contributed by atoms with Crippen molar-refractivity contribution in [2.75, 3.05) is 6.61 Å². The van der Waals surface area contributed by atoms with Crippen LogP contribution in [0.15, 0.2) is 0 Å². The number of hydrogen-bond acceptors (Lipinski definition) is 3. The first-order chi connectivity index (χ1) is 5.70. The lowest BCUT2D eigenvalue weighted by Crippen LogP contribution is -2.15. The number of hydrogen-bond donors (Lipinski definition) is 0. The van der Waals surface area contributed by atoms with Crippen molar-refractivity contribution in [3.63, 3.8) is 0 Å². The van der Waals surface area contributed by atoms with E-state index < -0.39 is 6.16 Å². The molecule has 0 fully saturated rings. The number of ether oxygens (including phenoxy) is 2. The zero-order valence-corrected chi connectivity index (χ0v) is 8.13. The van der Waals surface area contributed by atoms with Crippen LogP contribution in [0.4, 0.5) is 4.79 Å². The average molecular weight is 174 g/mol. The first-order valence-electron chi connectivity index (χ1n) is 4.54. The monoisotopic (exact) mass is 174 g/mol. The molecule has 0 aromatic rings. The standard InChI is InChI=1S/C9H18O3/c1-4-6-7-11-9(10)12-8(3)5-2/h8H,4-7H2,1-3H3/t8-/m0/s1. The van der Waals surface area contributed by atoms with Crippen LogP contribution >= 0.6 is 0 Å². The summed E-state index contributed by atoms with van der Waals surface area (Å²) in [6.45, 7) is 6.32. The molecule has 0 N–H and O–H groups in total. The van der Waals surface area contributed by atoms with Gasteiger partial charge in [-0.25, -0.2) is 4.79 Å². The summed E-state index contributed by atoms with van der Waals surface area (Å²) in [5.74, 6) is 0. The van der Waals surface area contributed by atoms with E-state index in [4.69, 9.17) is 9.47 Å². The molecule has 0 saturated carbocycles. The number of carbonyl (C=O) groups excluding carboxylic acids is 1. The lowest BCUT2D eigenvalue weighted by atomic mass is 10.3. The van der Waals surface area contributed by atoms with Gasteiger partial charge in [-0.1, -0.05) is 20.3 Å². The molecule has 0 saturated heterocycles. The van der Waals surface area contributed by atoms with Gasteiger partial charge < -0.3 is 9.47 Å². The van der Waals surface area contributed by atoms with Gasteiger partial charge >= 0.3 is 6.16 Å². The van der Waals surface area contributed by atoms with Crippen LogP contribution in [0.5, 0.6) is 0 Å². The lowest BCUT2D eigenvalue weighted by molar-refractivity contribution is 0.0275.